The zero-order valence-electron chi connectivity index (χ0n) is 9.07. The van der Waals surface area contributed by atoms with Crippen LogP contribution >= 0.6 is 0 Å². The highest BCUT2D eigenvalue weighted by atomic mass is 16.3. The van der Waals surface area contributed by atoms with E-state index in [1.807, 2.05) is 0 Å². The summed E-state index contributed by atoms with van der Waals surface area (Å²) in [7, 11) is 0. The first-order chi connectivity index (χ1) is 7.75. The van der Waals surface area contributed by atoms with Crippen molar-refractivity contribution in [2.24, 2.45) is 5.92 Å². The second kappa shape index (κ2) is 3.51. The van der Waals surface area contributed by atoms with Crippen molar-refractivity contribution in [2.45, 2.75) is 31.7 Å². The lowest BCUT2D eigenvalue weighted by Gasteiger charge is -2.19. The number of amides is 1. The molecule has 0 radical (unpaired) electrons. The largest absolute Gasteiger partial charge is 0.508 e. The van der Waals surface area contributed by atoms with Gasteiger partial charge in [0.25, 0.3) is 5.91 Å². The summed E-state index contributed by atoms with van der Waals surface area (Å²) in [6.45, 7) is 0. The second-order valence-electron chi connectivity index (χ2n) is 4.77. The summed E-state index contributed by atoms with van der Waals surface area (Å²) in [4.78, 5) is 11.8. The molecule has 1 aliphatic carbocycles. The minimum Gasteiger partial charge on any atom is -0.508 e. The summed E-state index contributed by atoms with van der Waals surface area (Å²) in [5.74, 6) is 0.803. The zero-order valence-corrected chi connectivity index (χ0v) is 9.07. The Kier molecular flexibility index (Phi) is 2.13. The van der Waals surface area contributed by atoms with Crippen LogP contribution in [0.25, 0.3) is 0 Å². The summed E-state index contributed by atoms with van der Waals surface area (Å²) in [6.07, 6.45) is 4.87. The van der Waals surface area contributed by atoms with E-state index in [4.69, 9.17) is 0 Å². The number of nitrogens with one attached hydrogen (secondary N) is 1. The van der Waals surface area contributed by atoms with Crippen molar-refractivity contribution in [3.05, 3.63) is 29.3 Å². The van der Waals surface area contributed by atoms with E-state index in [9.17, 15) is 9.90 Å². The highest BCUT2D eigenvalue weighted by Gasteiger charge is 2.35. The van der Waals surface area contributed by atoms with E-state index in [1.165, 1.54) is 25.7 Å². The van der Waals surface area contributed by atoms with Gasteiger partial charge in [0.2, 0.25) is 0 Å². The molecule has 1 heterocycles. The van der Waals surface area contributed by atoms with Crippen LogP contribution in [0.5, 0.6) is 5.75 Å². The molecule has 1 aliphatic heterocycles. The number of phenols is 1. The highest BCUT2D eigenvalue weighted by Crippen LogP contribution is 2.40. The standard InChI is InChI=1S/C13H15NO2/c15-9-5-6-10-11(7-9)12(14-13(10)16)8-3-1-2-4-8/h5-8,12,15H,1-4H2,(H,14,16). The van der Waals surface area contributed by atoms with E-state index in [1.54, 1.807) is 18.2 Å². The summed E-state index contributed by atoms with van der Waals surface area (Å²) in [5, 5.41) is 12.5. The van der Waals surface area contributed by atoms with Gasteiger partial charge in [-0.15, -0.1) is 0 Å². The monoisotopic (exact) mass is 217 g/mol. The molecule has 1 aromatic carbocycles. The Morgan fingerprint density at radius 2 is 2.00 bits per heavy atom. The molecule has 1 unspecified atom stereocenters. The number of benzene rings is 1. The van der Waals surface area contributed by atoms with Crippen LogP contribution in [0.15, 0.2) is 18.2 Å². The molecular formula is C13H15NO2. The predicted octanol–water partition coefficient (Wildman–Crippen LogP) is 2.37. The minimum absolute atomic E-state index is 0.00639. The lowest BCUT2D eigenvalue weighted by atomic mass is 9.92. The number of carbonyl (C=O) groups is 1. The Balaban J connectivity index is 1.99. The molecule has 3 rings (SSSR count). The zero-order chi connectivity index (χ0) is 11.1. The minimum atomic E-state index is 0.00639. The third-order valence-corrected chi connectivity index (χ3v) is 3.77. The Morgan fingerprint density at radius 3 is 2.75 bits per heavy atom. The lowest BCUT2D eigenvalue weighted by molar-refractivity contribution is 0.0946. The van der Waals surface area contributed by atoms with E-state index < -0.39 is 0 Å². The number of fused-ring (bicyclic) bond motifs is 1. The molecule has 0 aromatic heterocycles. The Hall–Kier alpha value is -1.51. The van der Waals surface area contributed by atoms with Crippen molar-refractivity contribution in [3.8, 4) is 5.75 Å². The number of hydrogen-bond donors (Lipinski definition) is 2. The topological polar surface area (TPSA) is 49.3 Å². The predicted molar refractivity (Wildman–Crippen MR) is 60.3 cm³/mol. The van der Waals surface area contributed by atoms with Crippen LogP contribution in [0.4, 0.5) is 0 Å². The van der Waals surface area contributed by atoms with Gasteiger partial charge in [-0.1, -0.05) is 12.8 Å². The van der Waals surface area contributed by atoms with E-state index in [-0.39, 0.29) is 17.7 Å². The molecule has 2 aliphatic rings. The molecule has 2 N–H and O–H groups in total. The second-order valence-corrected chi connectivity index (χ2v) is 4.77. The Labute approximate surface area is 94.5 Å². The molecule has 3 nitrogen and oxygen atoms in total. The van der Waals surface area contributed by atoms with Crippen molar-refractivity contribution in [1.82, 2.24) is 5.32 Å². The van der Waals surface area contributed by atoms with Gasteiger partial charge in [-0.05, 0) is 42.5 Å². The van der Waals surface area contributed by atoms with Gasteiger partial charge >= 0.3 is 0 Å². The number of rotatable bonds is 1. The SMILES string of the molecule is O=C1NC(C2CCCC2)c2cc(O)ccc21. The average molecular weight is 217 g/mol. The van der Waals surface area contributed by atoms with Gasteiger partial charge in [0.15, 0.2) is 0 Å². The van der Waals surface area contributed by atoms with Gasteiger partial charge in [-0.25, -0.2) is 0 Å². The van der Waals surface area contributed by atoms with Crippen LogP contribution in [-0.4, -0.2) is 11.0 Å². The van der Waals surface area contributed by atoms with Crippen LogP contribution in [0.2, 0.25) is 0 Å². The molecule has 1 aromatic rings. The first-order valence-electron chi connectivity index (χ1n) is 5.89. The molecule has 0 spiro atoms. The van der Waals surface area contributed by atoms with Crippen molar-refractivity contribution in [1.29, 1.82) is 0 Å². The van der Waals surface area contributed by atoms with Crippen LogP contribution in [0.3, 0.4) is 0 Å². The third-order valence-electron chi connectivity index (χ3n) is 3.77. The van der Waals surface area contributed by atoms with Gasteiger partial charge in [0, 0.05) is 5.56 Å². The molecule has 16 heavy (non-hydrogen) atoms. The van der Waals surface area contributed by atoms with Crippen molar-refractivity contribution in [2.75, 3.05) is 0 Å². The fourth-order valence-corrected chi connectivity index (χ4v) is 2.97. The Bertz CT molecular complexity index is 436. The normalized spacial score (nSPS) is 24.5. The van der Waals surface area contributed by atoms with Crippen LogP contribution in [0, 0.1) is 5.92 Å². The molecule has 3 heteroatoms. The summed E-state index contributed by atoms with van der Waals surface area (Å²) in [5.41, 5.74) is 1.71. The first kappa shape index (κ1) is 9.70. The van der Waals surface area contributed by atoms with E-state index in [2.05, 4.69) is 5.32 Å². The first-order valence-corrected chi connectivity index (χ1v) is 5.89. The number of hydrogen-bond acceptors (Lipinski definition) is 2. The molecule has 0 saturated heterocycles. The number of carbonyl (C=O) groups excluding carboxylic acids is 1. The van der Waals surface area contributed by atoms with Crippen LogP contribution in [0.1, 0.15) is 47.6 Å². The maximum Gasteiger partial charge on any atom is 0.252 e. The smallest absolute Gasteiger partial charge is 0.252 e. The van der Waals surface area contributed by atoms with E-state index in [0.717, 1.165) is 11.1 Å². The van der Waals surface area contributed by atoms with Gasteiger partial charge < -0.3 is 10.4 Å². The molecule has 0 bridgehead atoms. The Morgan fingerprint density at radius 1 is 1.25 bits per heavy atom. The van der Waals surface area contributed by atoms with Gasteiger partial charge in [-0.3, -0.25) is 4.79 Å². The average Bonchev–Trinajstić information content (AvgIpc) is 2.86. The molecule has 84 valence electrons. The third kappa shape index (κ3) is 1.39. The van der Waals surface area contributed by atoms with Crippen molar-refractivity contribution >= 4 is 5.91 Å². The van der Waals surface area contributed by atoms with Crippen molar-refractivity contribution in [3.63, 3.8) is 0 Å². The van der Waals surface area contributed by atoms with Crippen LogP contribution in [-0.2, 0) is 0 Å². The fraction of sp³-hybridized carbons (Fsp3) is 0.462. The number of phenolic OH excluding ortho intramolecular Hbond substituents is 1. The molecule has 1 atom stereocenters. The van der Waals surface area contributed by atoms with Crippen LogP contribution < -0.4 is 5.32 Å². The molecule has 1 saturated carbocycles. The van der Waals surface area contributed by atoms with Crippen molar-refractivity contribution < 1.29 is 9.90 Å². The van der Waals surface area contributed by atoms with Gasteiger partial charge in [0.05, 0.1) is 6.04 Å². The van der Waals surface area contributed by atoms with Gasteiger partial charge in [-0.2, -0.15) is 0 Å². The highest BCUT2D eigenvalue weighted by molar-refractivity contribution is 5.99. The molecular weight excluding hydrogens is 202 g/mol. The number of aromatic hydroxyl groups is 1. The molecule has 1 amide bonds. The van der Waals surface area contributed by atoms with E-state index >= 15 is 0 Å². The summed E-state index contributed by atoms with van der Waals surface area (Å²) < 4.78 is 0. The maximum absolute atomic E-state index is 11.8. The summed E-state index contributed by atoms with van der Waals surface area (Å²) in [6, 6.07) is 5.15. The maximum atomic E-state index is 11.8. The quantitative estimate of drug-likeness (QED) is 0.758. The molecule has 1 fully saturated rings. The fourth-order valence-electron chi connectivity index (χ4n) is 2.97. The summed E-state index contributed by atoms with van der Waals surface area (Å²) >= 11 is 0. The lowest BCUT2D eigenvalue weighted by Crippen LogP contribution is -2.24. The van der Waals surface area contributed by atoms with E-state index in [0.29, 0.717) is 5.92 Å². The van der Waals surface area contributed by atoms with Gasteiger partial charge in [0.1, 0.15) is 5.75 Å².